The van der Waals surface area contributed by atoms with E-state index < -0.39 is 0 Å². The van der Waals surface area contributed by atoms with Crippen LogP contribution in [0.1, 0.15) is 6.92 Å². The Balaban J connectivity index is 0.00000128. The van der Waals surface area contributed by atoms with Crippen LogP contribution in [0.2, 0.25) is 5.02 Å². The predicted molar refractivity (Wildman–Crippen MR) is 68.3 cm³/mol. The summed E-state index contributed by atoms with van der Waals surface area (Å²) in [5.74, 6) is -0.286. The minimum absolute atomic E-state index is 0. The molecule has 1 N–H and O–H groups in total. The molecule has 1 atom stereocenters. The zero-order valence-electron chi connectivity index (χ0n) is 9.04. The van der Waals surface area contributed by atoms with Crippen LogP contribution in [0, 0.1) is 5.82 Å². The van der Waals surface area contributed by atoms with Gasteiger partial charge in [0.2, 0.25) is 0 Å². The third-order valence-corrected chi connectivity index (χ3v) is 3.02. The molecule has 5 heteroatoms. The highest BCUT2D eigenvalue weighted by atomic mass is 35.5. The van der Waals surface area contributed by atoms with Gasteiger partial charge < -0.3 is 10.2 Å². The van der Waals surface area contributed by atoms with Gasteiger partial charge in [0.15, 0.2) is 0 Å². The molecule has 1 aromatic rings. The number of hydrogen-bond acceptors (Lipinski definition) is 2. The van der Waals surface area contributed by atoms with E-state index in [9.17, 15) is 4.39 Å². The van der Waals surface area contributed by atoms with Crippen LogP contribution in [0.3, 0.4) is 0 Å². The first kappa shape index (κ1) is 13.6. The molecule has 1 heterocycles. The lowest BCUT2D eigenvalue weighted by Gasteiger charge is -2.36. The first-order valence-corrected chi connectivity index (χ1v) is 5.48. The van der Waals surface area contributed by atoms with Crippen molar-refractivity contribution in [3.63, 3.8) is 0 Å². The Bertz CT molecular complexity index is 360. The van der Waals surface area contributed by atoms with Crippen LogP contribution in [0.25, 0.3) is 0 Å². The molecule has 0 spiro atoms. The van der Waals surface area contributed by atoms with Gasteiger partial charge in [-0.3, -0.25) is 0 Å². The molecule has 0 amide bonds. The molecule has 0 aliphatic carbocycles. The van der Waals surface area contributed by atoms with Gasteiger partial charge in [0, 0.05) is 25.7 Å². The van der Waals surface area contributed by atoms with Crippen molar-refractivity contribution in [2.75, 3.05) is 24.5 Å². The van der Waals surface area contributed by atoms with Crippen molar-refractivity contribution in [2.24, 2.45) is 0 Å². The number of hydrogen-bond donors (Lipinski definition) is 1. The van der Waals surface area contributed by atoms with E-state index in [-0.39, 0.29) is 18.2 Å². The molecule has 1 aliphatic rings. The van der Waals surface area contributed by atoms with Gasteiger partial charge in [-0.05, 0) is 25.1 Å². The Morgan fingerprint density at radius 3 is 2.88 bits per heavy atom. The van der Waals surface area contributed by atoms with Crippen LogP contribution >= 0.6 is 24.0 Å². The van der Waals surface area contributed by atoms with E-state index in [2.05, 4.69) is 17.1 Å². The predicted octanol–water partition coefficient (Wildman–Crippen LogP) is 2.70. The zero-order chi connectivity index (χ0) is 10.8. The second kappa shape index (κ2) is 5.71. The highest BCUT2D eigenvalue weighted by molar-refractivity contribution is 6.33. The number of benzene rings is 1. The molecule has 0 bridgehead atoms. The molecule has 1 aromatic carbocycles. The summed E-state index contributed by atoms with van der Waals surface area (Å²) in [6.07, 6.45) is 0. The average Bonchev–Trinajstić information content (AvgIpc) is 2.20. The fourth-order valence-electron chi connectivity index (χ4n) is 1.91. The van der Waals surface area contributed by atoms with Gasteiger partial charge in [0.1, 0.15) is 5.82 Å². The number of rotatable bonds is 1. The van der Waals surface area contributed by atoms with Crippen LogP contribution in [-0.2, 0) is 0 Å². The van der Waals surface area contributed by atoms with Crippen molar-refractivity contribution in [1.29, 1.82) is 0 Å². The summed E-state index contributed by atoms with van der Waals surface area (Å²) in [5.41, 5.74) is 0.923. The molecule has 2 rings (SSSR count). The molecule has 0 saturated carbocycles. The van der Waals surface area contributed by atoms with Gasteiger partial charge >= 0.3 is 0 Å². The molecule has 0 aromatic heterocycles. The second-order valence-corrected chi connectivity index (χ2v) is 4.25. The van der Waals surface area contributed by atoms with Crippen LogP contribution in [0.5, 0.6) is 0 Å². The van der Waals surface area contributed by atoms with E-state index >= 15 is 0 Å². The summed E-state index contributed by atoms with van der Waals surface area (Å²) in [7, 11) is 0. The summed E-state index contributed by atoms with van der Waals surface area (Å²) < 4.78 is 12.9. The molecule has 1 fully saturated rings. The lowest BCUT2D eigenvalue weighted by molar-refractivity contribution is 0.500. The molecule has 0 radical (unpaired) electrons. The highest BCUT2D eigenvalue weighted by Gasteiger charge is 2.20. The van der Waals surface area contributed by atoms with Crippen molar-refractivity contribution in [2.45, 2.75) is 13.0 Å². The Kier molecular flexibility index (Phi) is 4.84. The Labute approximate surface area is 106 Å². The van der Waals surface area contributed by atoms with Crippen molar-refractivity contribution in [1.82, 2.24) is 5.32 Å². The zero-order valence-corrected chi connectivity index (χ0v) is 10.6. The first-order chi connectivity index (χ1) is 7.18. The van der Waals surface area contributed by atoms with Crippen LogP contribution in [0.15, 0.2) is 18.2 Å². The fraction of sp³-hybridized carbons (Fsp3) is 0.455. The van der Waals surface area contributed by atoms with E-state index in [0.717, 1.165) is 25.3 Å². The Hall–Kier alpha value is -0.510. The maximum Gasteiger partial charge on any atom is 0.124 e. The van der Waals surface area contributed by atoms with Crippen LogP contribution in [-0.4, -0.2) is 25.7 Å². The molecular formula is C11H15Cl2FN2. The van der Waals surface area contributed by atoms with E-state index in [0.29, 0.717) is 11.1 Å². The number of piperazine rings is 1. The second-order valence-electron chi connectivity index (χ2n) is 3.84. The Morgan fingerprint density at radius 1 is 1.50 bits per heavy atom. The van der Waals surface area contributed by atoms with Crippen LogP contribution in [0.4, 0.5) is 10.1 Å². The summed E-state index contributed by atoms with van der Waals surface area (Å²) in [6.45, 7) is 4.92. The Morgan fingerprint density at radius 2 is 2.25 bits per heavy atom. The summed E-state index contributed by atoms with van der Waals surface area (Å²) in [4.78, 5) is 2.21. The maximum absolute atomic E-state index is 12.9. The molecule has 0 unspecified atom stereocenters. The summed E-state index contributed by atoms with van der Waals surface area (Å²) >= 11 is 6.03. The highest BCUT2D eigenvalue weighted by Crippen LogP contribution is 2.28. The normalized spacial score (nSPS) is 20.4. The number of nitrogens with zero attached hydrogens (tertiary/aromatic N) is 1. The monoisotopic (exact) mass is 264 g/mol. The van der Waals surface area contributed by atoms with Crippen molar-refractivity contribution in [3.05, 3.63) is 29.0 Å². The smallest absolute Gasteiger partial charge is 0.124 e. The SMILES string of the molecule is C[C@H]1CNCCN1c1ccc(F)cc1Cl.Cl. The number of halogens is 3. The van der Waals surface area contributed by atoms with E-state index in [1.165, 1.54) is 12.1 Å². The standard InChI is InChI=1S/C11H14ClFN2.ClH/c1-8-7-14-4-5-15(8)11-3-2-9(13)6-10(11)12;/h2-3,6,8,14H,4-5,7H2,1H3;1H/t8-;/m0./s1. The molecule has 90 valence electrons. The van der Waals surface area contributed by atoms with Crippen molar-refractivity contribution >= 4 is 29.7 Å². The van der Waals surface area contributed by atoms with Crippen molar-refractivity contribution in [3.8, 4) is 0 Å². The third-order valence-electron chi connectivity index (χ3n) is 2.72. The number of anilines is 1. The lowest BCUT2D eigenvalue weighted by Crippen LogP contribution is -2.50. The average molecular weight is 265 g/mol. The summed E-state index contributed by atoms with van der Waals surface area (Å²) in [5, 5.41) is 3.80. The van der Waals surface area contributed by atoms with Gasteiger partial charge in [-0.25, -0.2) is 4.39 Å². The van der Waals surface area contributed by atoms with Crippen LogP contribution < -0.4 is 10.2 Å². The van der Waals surface area contributed by atoms with E-state index in [4.69, 9.17) is 11.6 Å². The summed E-state index contributed by atoms with van der Waals surface area (Å²) in [6, 6.07) is 4.96. The first-order valence-electron chi connectivity index (χ1n) is 5.11. The molecule has 2 nitrogen and oxygen atoms in total. The lowest BCUT2D eigenvalue weighted by atomic mass is 10.2. The maximum atomic E-state index is 12.9. The quantitative estimate of drug-likeness (QED) is 0.839. The minimum Gasteiger partial charge on any atom is -0.365 e. The number of nitrogens with one attached hydrogen (secondary N) is 1. The van der Waals surface area contributed by atoms with Gasteiger partial charge in [0.25, 0.3) is 0 Å². The van der Waals surface area contributed by atoms with Gasteiger partial charge in [-0.15, -0.1) is 12.4 Å². The minimum atomic E-state index is -0.286. The van der Waals surface area contributed by atoms with Gasteiger partial charge in [-0.2, -0.15) is 0 Å². The van der Waals surface area contributed by atoms with Gasteiger partial charge in [0.05, 0.1) is 10.7 Å². The third kappa shape index (κ3) is 2.78. The van der Waals surface area contributed by atoms with E-state index in [1.54, 1.807) is 6.07 Å². The molecule has 16 heavy (non-hydrogen) atoms. The van der Waals surface area contributed by atoms with Gasteiger partial charge in [-0.1, -0.05) is 11.6 Å². The largest absolute Gasteiger partial charge is 0.365 e. The molecule has 1 saturated heterocycles. The molecule has 1 aliphatic heterocycles. The topological polar surface area (TPSA) is 15.3 Å². The molecular weight excluding hydrogens is 250 g/mol. The fourth-order valence-corrected chi connectivity index (χ4v) is 2.19. The van der Waals surface area contributed by atoms with E-state index in [1.807, 2.05) is 0 Å². The van der Waals surface area contributed by atoms with Crippen molar-refractivity contribution < 1.29 is 4.39 Å².